The van der Waals surface area contributed by atoms with Crippen LogP contribution in [0.5, 0.6) is 0 Å². The third-order valence-electron chi connectivity index (χ3n) is 2.66. The van der Waals surface area contributed by atoms with E-state index in [1.165, 1.54) is 0 Å². The van der Waals surface area contributed by atoms with E-state index in [2.05, 4.69) is 53.5 Å². The molecule has 2 heteroatoms. The minimum absolute atomic E-state index is 0.0767. The van der Waals surface area contributed by atoms with Crippen LogP contribution in [-0.2, 0) is 17.3 Å². The number of hydrogen-bond acceptors (Lipinski definition) is 2. The average molecular weight is 220 g/mol. The van der Waals surface area contributed by atoms with Crippen LogP contribution < -0.4 is 0 Å². The van der Waals surface area contributed by atoms with Crippen LogP contribution in [0.15, 0.2) is 6.20 Å². The van der Waals surface area contributed by atoms with Gasteiger partial charge in [-0.05, 0) is 6.42 Å². The van der Waals surface area contributed by atoms with Gasteiger partial charge in [0.05, 0.1) is 17.1 Å². The highest BCUT2D eigenvalue weighted by Crippen LogP contribution is 2.26. The Kier molecular flexibility index (Phi) is 3.41. The van der Waals surface area contributed by atoms with E-state index in [4.69, 9.17) is 4.98 Å². The lowest BCUT2D eigenvalue weighted by molar-refractivity contribution is 0.529. The fraction of sp³-hybridized carbons (Fsp3) is 0.714. The van der Waals surface area contributed by atoms with Gasteiger partial charge < -0.3 is 0 Å². The first-order chi connectivity index (χ1) is 7.16. The third kappa shape index (κ3) is 2.81. The van der Waals surface area contributed by atoms with E-state index in [1.807, 2.05) is 6.20 Å². The van der Waals surface area contributed by atoms with Crippen LogP contribution in [0.25, 0.3) is 0 Å². The molecule has 0 atom stereocenters. The molecule has 0 radical (unpaired) electrons. The lowest BCUT2D eigenvalue weighted by atomic mass is 9.88. The fourth-order valence-corrected chi connectivity index (χ4v) is 1.66. The molecule has 0 unspecified atom stereocenters. The van der Waals surface area contributed by atoms with Gasteiger partial charge in [0, 0.05) is 17.0 Å². The molecular weight excluding hydrogens is 196 g/mol. The first-order valence-corrected chi connectivity index (χ1v) is 6.03. The predicted octanol–water partition coefficient (Wildman–Crippen LogP) is 3.63. The van der Waals surface area contributed by atoms with Crippen molar-refractivity contribution in [2.45, 2.75) is 65.7 Å². The van der Waals surface area contributed by atoms with Crippen LogP contribution in [0.3, 0.4) is 0 Å². The van der Waals surface area contributed by atoms with Crippen molar-refractivity contribution in [3.8, 4) is 0 Å². The van der Waals surface area contributed by atoms with Gasteiger partial charge in [0.25, 0.3) is 0 Å². The Morgan fingerprint density at radius 2 is 1.56 bits per heavy atom. The normalized spacial score (nSPS) is 12.9. The minimum atomic E-state index is 0.0767. The van der Waals surface area contributed by atoms with Gasteiger partial charge in [-0.3, -0.25) is 9.97 Å². The Bertz CT molecular complexity index is 367. The summed E-state index contributed by atoms with van der Waals surface area (Å²) in [4.78, 5) is 9.39. The van der Waals surface area contributed by atoms with Crippen LogP contribution in [0.1, 0.15) is 65.5 Å². The van der Waals surface area contributed by atoms with E-state index in [0.717, 1.165) is 23.5 Å². The summed E-state index contributed by atoms with van der Waals surface area (Å²) in [7, 11) is 0. The zero-order chi connectivity index (χ0) is 12.6. The fourth-order valence-electron chi connectivity index (χ4n) is 1.66. The van der Waals surface area contributed by atoms with E-state index in [9.17, 15) is 0 Å². The summed E-state index contributed by atoms with van der Waals surface area (Å²) in [6, 6.07) is 0. The summed E-state index contributed by atoms with van der Waals surface area (Å²) < 4.78 is 0. The van der Waals surface area contributed by atoms with Gasteiger partial charge in [-0.1, -0.05) is 48.5 Å². The highest BCUT2D eigenvalue weighted by Gasteiger charge is 2.23. The predicted molar refractivity (Wildman–Crippen MR) is 68.8 cm³/mol. The molecule has 0 saturated carbocycles. The summed E-state index contributed by atoms with van der Waals surface area (Å²) in [5.74, 6) is 0. The minimum Gasteiger partial charge on any atom is -0.257 e. The second-order valence-electron chi connectivity index (χ2n) is 6.40. The number of aryl methyl sites for hydroxylation is 1. The largest absolute Gasteiger partial charge is 0.257 e. The van der Waals surface area contributed by atoms with Crippen molar-refractivity contribution >= 4 is 0 Å². The molecule has 16 heavy (non-hydrogen) atoms. The smallest absolute Gasteiger partial charge is 0.0672 e. The molecule has 1 aromatic rings. The summed E-state index contributed by atoms with van der Waals surface area (Å²) in [5, 5.41) is 0. The van der Waals surface area contributed by atoms with Crippen molar-refractivity contribution in [3.05, 3.63) is 23.3 Å². The summed E-state index contributed by atoms with van der Waals surface area (Å²) in [6.45, 7) is 15.2. The van der Waals surface area contributed by atoms with Crippen molar-refractivity contribution in [3.63, 3.8) is 0 Å². The lowest BCUT2D eigenvalue weighted by Crippen LogP contribution is -2.21. The Morgan fingerprint density at radius 1 is 1.00 bits per heavy atom. The molecule has 1 heterocycles. The lowest BCUT2D eigenvalue weighted by Gasteiger charge is -2.24. The Morgan fingerprint density at radius 3 is 1.94 bits per heavy atom. The highest BCUT2D eigenvalue weighted by atomic mass is 14.8. The van der Waals surface area contributed by atoms with Gasteiger partial charge in [-0.15, -0.1) is 0 Å². The van der Waals surface area contributed by atoms with Crippen molar-refractivity contribution < 1.29 is 0 Å². The molecule has 0 bridgehead atoms. The van der Waals surface area contributed by atoms with Crippen LogP contribution in [0, 0.1) is 0 Å². The molecule has 0 N–H and O–H groups in total. The maximum Gasteiger partial charge on any atom is 0.0672 e. The van der Waals surface area contributed by atoms with Crippen molar-refractivity contribution in [2.24, 2.45) is 0 Å². The summed E-state index contributed by atoms with van der Waals surface area (Å²) in [6.07, 6.45) is 2.88. The highest BCUT2D eigenvalue weighted by molar-refractivity contribution is 5.23. The Hall–Kier alpha value is -0.920. The molecule has 2 nitrogen and oxygen atoms in total. The van der Waals surface area contributed by atoms with Gasteiger partial charge in [0.2, 0.25) is 0 Å². The molecule has 0 amide bonds. The van der Waals surface area contributed by atoms with Crippen molar-refractivity contribution in [1.82, 2.24) is 9.97 Å². The SMILES string of the molecule is CCc1nc(C(C)(C)C)cnc1C(C)(C)C. The summed E-state index contributed by atoms with van der Waals surface area (Å²) in [5.41, 5.74) is 3.50. The van der Waals surface area contributed by atoms with Crippen molar-refractivity contribution in [1.29, 1.82) is 0 Å². The van der Waals surface area contributed by atoms with Crippen LogP contribution >= 0.6 is 0 Å². The quantitative estimate of drug-likeness (QED) is 0.722. The van der Waals surface area contributed by atoms with Gasteiger partial charge in [0.15, 0.2) is 0 Å². The van der Waals surface area contributed by atoms with Gasteiger partial charge >= 0.3 is 0 Å². The second kappa shape index (κ2) is 4.15. The van der Waals surface area contributed by atoms with Crippen LogP contribution in [0.2, 0.25) is 0 Å². The third-order valence-corrected chi connectivity index (χ3v) is 2.66. The van der Waals surface area contributed by atoms with Crippen molar-refractivity contribution in [2.75, 3.05) is 0 Å². The van der Waals surface area contributed by atoms with Gasteiger partial charge in [0.1, 0.15) is 0 Å². The standard InChI is InChI=1S/C14H24N2/c1-8-10-12(14(5,6)7)15-9-11(16-10)13(2,3)4/h9H,8H2,1-7H3. The molecule has 0 fully saturated rings. The maximum absolute atomic E-state index is 4.77. The molecular formula is C14H24N2. The Labute approximate surface area is 99.5 Å². The first-order valence-electron chi connectivity index (χ1n) is 6.03. The zero-order valence-corrected chi connectivity index (χ0v) is 11.7. The zero-order valence-electron chi connectivity index (χ0n) is 11.7. The monoisotopic (exact) mass is 220 g/mol. The number of rotatable bonds is 1. The average Bonchev–Trinajstić information content (AvgIpc) is 2.14. The van der Waals surface area contributed by atoms with E-state index in [0.29, 0.717) is 0 Å². The molecule has 90 valence electrons. The molecule has 1 rings (SSSR count). The maximum atomic E-state index is 4.77. The molecule has 0 aliphatic heterocycles. The number of aromatic nitrogens is 2. The van der Waals surface area contributed by atoms with Gasteiger partial charge in [-0.25, -0.2) is 0 Å². The van der Waals surface area contributed by atoms with E-state index >= 15 is 0 Å². The van der Waals surface area contributed by atoms with E-state index in [1.54, 1.807) is 0 Å². The second-order valence-corrected chi connectivity index (χ2v) is 6.40. The van der Waals surface area contributed by atoms with E-state index < -0.39 is 0 Å². The van der Waals surface area contributed by atoms with Crippen LogP contribution in [-0.4, -0.2) is 9.97 Å². The Balaban J connectivity index is 3.28. The molecule has 0 aromatic carbocycles. The summed E-state index contributed by atoms with van der Waals surface area (Å²) >= 11 is 0. The molecule has 0 spiro atoms. The number of nitrogens with zero attached hydrogens (tertiary/aromatic N) is 2. The first kappa shape index (κ1) is 13.1. The molecule has 0 saturated heterocycles. The topological polar surface area (TPSA) is 25.8 Å². The van der Waals surface area contributed by atoms with E-state index in [-0.39, 0.29) is 10.8 Å². The molecule has 1 aromatic heterocycles. The number of hydrogen-bond donors (Lipinski definition) is 0. The van der Waals surface area contributed by atoms with Gasteiger partial charge in [-0.2, -0.15) is 0 Å². The molecule has 0 aliphatic rings. The molecule has 0 aliphatic carbocycles. The van der Waals surface area contributed by atoms with Crippen LogP contribution in [0.4, 0.5) is 0 Å².